The molecule has 0 fully saturated rings. The van der Waals surface area contributed by atoms with E-state index in [4.69, 9.17) is 5.11 Å². The zero-order valence-electron chi connectivity index (χ0n) is 7.64. The summed E-state index contributed by atoms with van der Waals surface area (Å²) in [5.74, 6) is 0.158. The van der Waals surface area contributed by atoms with Gasteiger partial charge >= 0.3 is 0 Å². The van der Waals surface area contributed by atoms with Crippen LogP contribution in [0.4, 0.5) is 5.69 Å². The summed E-state index contributed by atoms with van der Waals surface area (Å²) in [6, 6.07) is 5.13. The second-order valence-corrected chi connectivity index (χ2v) is 3.63. The Hall–Kier alpha value is -1.42. The highest BCUT2D eigenvalue weighted by Crippen LogP contribution is 2.32. The molecule has 0 aromatic heterocycles. The number of fused-ring (bicyclic) bond motifs is 1. The van der Waals surface area contributed by atoms with Crippen LogP contribution in [-0.2, 0) is 12.8 Å². The maximum Gasteiger partial charge on any atom is 0.272 e. The van der Waals surface area contributed by atoms with E-state index >= 15 is 0 Å². The minimum atomic E-state index is -0.349. The molecule has 2 rings (SSSR count). The zero-order chi connectivity index (χ0) is 10.1. The third-order valence-corrected chi connectivity index (χ3v) is 2.70. The first-order valence-electron chi connectivity index (χ1n) is 4.58. The molecule has 1 aromatic carbocycles. The van der Waals surface area contributed by atoms with Crippen molar-refractivity contribution in [2.24, 2.45) is 5.92 Å². The molecule has 1 atom stereocenters. The highest BCUT2D eigenvalue weighted by Gasteiger charge is 2.27. The molecule has 0 radical (unpaired) electrons. The van der Waals surface area contributed by atoms with Crippen LogP contribution in [0.15, 0.2) is 18.2 Å². The molecule has 0 spiro atoms. The molecule has 14 heavy (non-hydrogen) atoms. The first-order chi connectivity index (χ1) is 6.72. The molecule has 0 aliphatic heterocycles. The average Bonchev–Trinajstić information content (AvgIpc) is 2.59. The van der Waals surface area contributed by atoms with Crippen LogP contribution in [0.3, 0.4) is 0 Å². The van der Waals surface area contributed by atoms with Gasteiger partial charge in [-0.1, -0.05) is 12.1 Å². The molecule has 0 saturated carbocycles. The summed E-state index contributed by atoms with van der Waals surface area (Å²) in [7, 11) is 0. The molecular formula is C10H11NO3. The van der Waals surface area contributed by atoms with Gasteiger partial charge in [0, 0.05) is 18.2 Å². The maximum absolute atomic E-state index is 10.7. The fourth-order valence-electron chi connectivity index (χ4n) is 2.02. The van der Waals surface area contributed by atoms with Gasteiger partial charge in [-0.2, -0.15) is 0 Å². The fraction of sp³-hybridized carbons (Fsp3) is 0.400. The third kappa shape index (κ3) is 1.37. The molecule has 74 valence electrons. The van der Waals surface area contributed by atoms with Gasteiger partial charge in [-0.25, -0.2) is 0 Å². The number of nitro benzene ring substituents is 1. The highest BCUT2D eigenvalue weighted by atomic mass is 16.6. The normalized spacial score (nSPS) is 19.4. The predicted octanol–water partition coefficient (Wildman–Crippen LogP) is 1.30. The van der Waals surface area contributed by atoms with Crippen molar-refractivity contribution < 1.29 is 10.0 Å². The van der Waals surface area contributed by atoms with Gasteiger partial charge in [-0.15, -0.1) is 0 Å². The van der Waals surface area contributed by atoms with Crippen molar-refractivity contribution in [3.8, 4) is 0 Å². The number of nitrogens with zero attached hydrogens (tertiary/aromatic N) is 1. The summed E-state index contributed by atoms with van der Waals surface area (Å²) in [5, 5.41) is 19.7. The Morgan fingerprint density at radius 1 is 1.50 bits per heavy atom. The van der Waals surface area contributed by atoms with E-state index in [1.807, 2.05) is 6.07 Å². The fourth-order valence-corrected chi connectivity index (χ4v) is 2.02. The summed E-state index contributed by atoms with van der Waals surface area (Å²) in [5.41, 5.74) is 2.01. The molecule has 4 nitrogen and oxygen atoms in total. The summed E-state index contributed by atoms with van der Waals surface area (Å²) in [4.78, 5) is 10.4. The smallest absolute Gasteiger partial charge is 0.272 e. The molecule has 4 heteroatoms. The minimum Gasteiger partial charge on any atom is -0.396 e. The predicted molar refractivity (Wildman–Crippen MR) is 51.1 cm³/mol. The van der Waals surface area contributed by atoms with Crippen molar-refractivity contribution in [3.63, 3.8) is 0 Å². The summed E-state index contributed by atoms with van der Waals surface area (Å²) < 4.78 is 0. The number of benzene rings is 1. The lowest BCUT2D eigenvalue weighted by Gasteiger charge is -2.00. The van der Waals surface area contributed by atoms with Crippen molar-refractivity contribution in [1.29, 1.82) is 0 Å². The first-order valence-corrected chi connectivity index (χ1v) is 4.58. The topological polar surface area (TPSA) is 63.4 Å². The van der Waals surface area contributed by atoms with Crippen LogP contribution in [-0.4, -0.2) is 16.6 Å². The zero-order valence-corrected chi connectivity index (χ0v) is 7.64. The molecule has 1 N–H and O–H groups in total. The summed E-state index contributed by atoms with van der Waals surface area (Å²) >= 11 is 0. The van der Waals surface area contributed by atoms with E-state index in [-0.39, 0.29) is 23.1 Å². The second kappa shape index (κ2) is 3.38. The van der Waals surface area contributed by atoms with Crippen LogP contribution in [0.25, 0.3) is 0 Å². The lowest BCUT2D eigenvalue weighted by molar-refractivity contribution is -0.385. The van der Waals surface area contributed by atoms with E-state index < -0.39 is 0 Å². The Labute approximate surface area is 81.3 Å². The highest BCUT2D eigenvalue weighted by molar-refractivity contribution is 5.48. The van der Waals surface area contributed by atoms with Gasteiger partial charge < -0.3 is 5.11 Å². The molecule has 0 unspecified atom stereocenters. The third-order valence-electron chi connectivity index (χ3n) is 2.70. The maximum atomic E-state index is 10.7. The Bertz CT molecular complexity index is 376. The van der Waals surface area contributed by atoms with Crippen LogP contribution in [0.2, 0.25) is 0 Å². The Morgan fingerprint density at radius 3 is 2.93 bits per heavy atom. The molecule has 0 bridgehead atoms. The van der Waals surface area contributed by atoms with Crippen molar-refractivity contribution in [2.45, 2.75) is 12.8 Å². The van der Waals surface area contributed by atoms with Crippen LogP contribution >= 0.6 is 0 Å². The molecule has 0 heterocycles. The Balaban J connectivity index is 2.41. The standard InChI is InChI=1S/C10H11NO3/c12-6-7-4-8-2-1-3-10(11(13)14)9(8)5-7/h1-3,7,12H,4-6H2/t7-/m1/s1. The Morgan fingerprint density at radius 2 is 2.29 bits per heavy atom. The van der Waals surface area contributed by atoms with Crippen LogP contribution in [0, 0.1) is 16.0 Å². The summed E-state index contributed by atoms with van der Waals surface area (Å²) in [6.45, 7) is 0.103. The van der Waals surface area contributed by atoms with E-state index in [9.17, 15) is 10.1 Å². The molecule has 1 aliphatic carbocycles. The monoisotopic (exact) mass is 193 g/mol. The van der Waals surface area contributed by atoms with Gasteiger partial charge in [-0.3, -0.25) is 10.1 Å². The van der Waals surface area contributed by atoms with Crippen LogP contribution < -0.4 is 0 Å². The van der Waals surface area contributed by atoms with Gasteiger partial charge in [0.15, 0.2) is 0 Å². The van der Waals surface area contributed by atoms with Gasteiger partial charge in [0.2, 0.25) is 0 Å². The van der Waals surface area contributed by atoms with Crippen molar-refractivity contribution >= 4 is 5.69 Å². The number of hydrogen-bond acceptors (Lipinski definition) is 3. The van der Waals surface area contributed by atoms with Crippen molar-refractivity contribution in [1.82, 2.24) is 0 Å². The number of rotatable bonds is 2. The quantitative estimate of drug-likeness (QED) is 0.568. The lowest BCUT2D eigenvalue weighted by Crippen LogP contribution is -2.04. The lowest BCUT2D eigenvalue weighted by atomic mass is 10.1. The molecule has 0 saturated heterocycles. The van der Waals surface area contributed by atoms with Gasteiger partial charge in [0.05, 0.1) is 4.92 Å². The van der Waals surface area contributed by atoms with E-state index in [2.05, 4.69) is 0 Å². The van der Waals surface area contributed by atoms with Gasteiger partial charge in [-0.05, 0) is 24.3 Å². The summed E-state index contributed by atoms with van der Waals surface area (Å²) in [6.07, 6.45) is 1.39. The first kappa shape index (κ1) is 9.15. The van der Waals surface area contributed by atoms with Crippen molar-refractivity contribution in [3.05, 3.63) is 39.4 Å². The van der Waals surface area contributed by atoms with E-state index in [0.717, 1.165) is 17.5 Å². The Kier molecular flexibility index (Phi) is 2.21. The van der Waals surface area contributed by atoms with E-state index in [1.165, 1.54) is 6.07 Å². The molecule has 1 aromatic rings. The SMILES string of the molecule is O=[N+]([O-])c1cccc2c1C[C@H](CO)C2. The number of nitro groups is 1. The molecular weight excluding hydrogens is 182 g/mol. The number of aliphatic hydroxyl groups excluding tert-OH is 1. The largest absolute Gasteiger partial charge is 0.396 e. The second-order valence-electron chi connectivity index (χ2n) is 3.63. The number of aliphatic hydroxyl groups is 1. The van der Waals surface area contributed by atoms with Crippen LogP contribution in [0.1, 0.15) is 11.1 Å². The van der Waals surface area contributed by atoms with Gasteiger partial charge in [0.1, 0.15) is 0 Å². The van der Waals surface area contributed by atoms with Gasteiger partial charge in [0.25, 0.3) is 5.69 Å². The van der Waals surface area contributed by atoms with Crippen LogP contribution in [0.5, 0.6) is 0 Å². The molecule has 1 aliphatic rings. The number of hydrogen-bond donors (Lipinski definition) is 1. The minimum absolute atomic E-state index is 0.103. The van der Waals surface area contributed by atoms with Crippen molar-refractivity contribution in [2.75, 3.05) is 6.61 Å². The van der Waals surface area contributed by atoms with E-state index in [0.29, 0.717) is 6.42 Å². The molecule has 0 amide bonds. The average molecular weight is 193 g/mol. The van der Waals surface area contributed by atoms with E-state index in [1.54, 1.807) is 6.07 Å².